The van der Waals surface area contributed by atoms with Gasteiger partial charge in [0, 0.05) is 6.92 Å². The molecule has 0 radical (unpaired) electrons. The Hall–Kier alpha value is -1.31. The van der Waals surface area contributed by atoms with Crippen LogP contribution in [0.1, 0.15) is 32.8 Å². The van der Waals surface area contributed by atoms with Gasteiger partial charge < -0.3 is 9.47 Å². The molecule has 0 unspecified atom stereocenters. The number of nitrogens with one attached hydrogen (secondary N) is 1. The maximum atomic E-state index is 10.8. The van der Waals surface area contributed by atoms with E-state index in [1.54, 1.807) is 13.3 Å². The zero-order valence-electron chi connectivity index (χ0n) is 12.1. The van der Waals surface area contributed by atoms with Crippen LogP contribution in [0, 0.1) is 3.57 Å². The lowest BCUT2D eigenvalue weighted by Crippen LogP contribution is -2.13. The van der Waals surface area contributed by atoms with E-state index < -0.39 is 0 Å². The number of ether oxygens (including phenoxy) is 2. The third kappa shape index (κ3) is 4.99. The number of carbonyl (C=O) groups excluding carboxylic acids is 1. The van der Waals surface area contributed by atoms with Gasteiger partial charge in [0.15, 0.2) is 11.5 Å². The Morgan fingerprint density at radius 2 is 2.25 bits per heavy atom. The van der Waals surface area contributed by atoms with Crippen LogP contribution in [0.2, 0.25) is 0 Å². The molecule has 20 heavy (non-hydrogen) atoms. The first kappa shape index (κ1) is 16.7. The molecule has 1 aromatic carbocycles. The first-order valence-corrected chi connectivity index (χ1v) is 7.39. The monoisotopic (exact) mass is 390 g/mol. The molecule has 1 amide bonds. The van der Waals surface area contributed by atoms with E-state index in [1.807, 2.05) is 19.1 Å². The quantitative estimate of drug-likeness (QED) is 0.462. The lowest BCUT2D eigenvalue weighted by Gasteiger charge is -2.17. The maximum Gasteiger partial charge on any atom is 0.236 e. The van der Waals surface area contributed by atoms with E-state index in [1.165, 1.54) is 6.92 Å². The number of nitrogens with zero attached hydrogens (tertiary/aromatic N) is 1. The molecule has 0 spiro atoms. The van der Waals surface area contributed by atoms with Crippen molar-refractivity contribution in [1.29, 1.82) is 0 Å². The van der Waals surface area contributed by atoms with Gasteiger partial charge in [-0.05, 0) is 53.6 Å². The minimum Gasteiger partial charge on any atom is -0.493 e. The summed E-state index contributed by atoms with van der Waals surface area (Å²) in [5.74, 6) is 1.18. The summed E-state index contributed by atoms with van der Waals surface area (Å²) >= 11 is 2.20. The summed E-state index contributed by atoms with van der Waals surface area (Å²) in [6, 6.07) is 3.75. The third-order valence-corrected chi connectivity index (χ3v) is 3.38. The predicted molar refractivity (Wildman–Crippen MR) is 87.5 cm³/mol. The van der Waals surface area contributed by atoms with E-state index in [0.717, 1.165) is 21.3 Å². The summed E-state index contributed by atoms with van der Waals surface area (Å²) in [5, 5.41) is 3.84. The van der Waals surface area contributed by atoms with Gasteiger partial charge in [-0.25, -0.2) is 5.43 Å². The molecule has 0 aliphatic heterocycles. The van der Waals surface area contributed by atoms with Crippen molar-refractivity contribution in [2.45, 2.75) is 33.3 Å². The Balaban J connectivity index is 3.00. The van der Waals surface area contributed by atoms with E-state index in [9.17, 15) is 4.79 Å². The Morgan fingerprint density at radius 1 is 1.55 bits per heavy atom. The highest BCUT2D eigenvalue weighted by Gasteiger charge is 2.13. The Bertz CT molecular complexity index is 503. The van der Waals surface area contributed by atoms with Crippen molar-refractivity contribution >= 4 is 34.7 Å². The lowest BCUT2D eigenvalue weighted by molar-refractivity contribution is -0.118. The van der Waals surface area contributed by atoms with Gasteiger partial charge in [0.05, 0.1) is 23.0 Å². The average Bonchev–Trinajstić information content (AvgIpc) is 2.40. The highest BCUT2D eigenvalue weighted by molar-refractivity contribution is 14.1. The summed E-state index contributed by atoms with van der Waals surface area (Å²) in [6.45, 7) is 5.49. The smallest absolute Gasteiger partial charge is 0.236 e. The van der Waals surface area contributed by atoms with Crippen molar-refractivity contribution in [3.63, 3.8) is 0 Å². The molecule has 0 saturated heterocycles. The maximum absolute atomic E-state index is 10.8. The van der Waals surface area contributed by atoms with Gasteiger partial charge >= 0.3 is 0 Å². The molecule has 0 bridgehead atoms. The first-order valence-electron chi connectivity index (χ1n) is 6.31. The molecule has 110 valence electrons. The van der Waals surface area contributed by atoms with E-state index in [4.69, 9.17) is 9.47 Å². The number of rotatable bonds is 6. The van der Waals surface area contributed by atoms with Gasteiger partial charge in [-0.2, -0.15) is 5.10 Å². The predicted octanol–water partition coefficient (Wildman–Crippen LogP) is 2.95. The molecule has 1 atom stereocenters. The van der Waals surface area contributed by atoms with Crippen LogP contribution in [-0.4, -0.2) is 25.3 Å². The van der Waals surface area contributed by atoms with Gasteiger partial charge in [0.2, 0.25) is 5.91 Å². The zero-order valence-corrected chi connectivity index (χ0v) is 14.2. The van der Waals surface area contributed by atoms with Crippen LogP contribution in [-0.2, 0) is 4.79 Å². The SMILES string of the molecule is CC[C@H](C)Oc1c(I)cc(/C=N\NC(C)=O)cc1OC. The Labute approximate surface area is 132 Å². The largest absolute Gasteiger partial charge is 0.493 e. The van der Waals surface area contributed by atoms with E-state index in [0.29, 0.717) is 5.75 Å². The van der Waals surface area contributed by atoms with Crippen molar-refractivity contribution < 1.29 is 14.3 Å². The van der Waals surface area contributed by atoms with Crippen LogP contribution < -0.4 is 14.9 Å². The van der Waals surface area contributed by atoms with Crippen LogP contribution in [0.15, 0.2) is 17.2 Å². The molecular weight excluding hydrogens is 371 g/mol. The molecule has 1 N–H and O–H groups in total. The number of amides is 1. The van der Waals surface area contributed by atoms with Crippen LogP contribution in [0.25, 0.3) is 0 Å². The molecule has 0 aliphatic carbocycles. The van der Waals surface area contributed by atoms with Gasteiger partial charge in [-0.3, -0.25) is 4.79 Å². The third-order valence-electron chi connectivity index (χ3n) is 2.58. The topological polar surface area (TPSA) is 59.9 Å². The number of hydrazone groups is 1. The fraction of sp³-hybridized carbons (Fsp3) is 0.429. The van der Waals surface area contributed by atoms with Gasteiger partial charge in [0.1, 0.15) is 0 Å². The Kier molecular flexibility index (Phi) is 6.77. The summed E-state index contributed by atoms with van der Waals surface area (Å²) in [6.07, 6.45) is 2.61. The summed E-state index contributed by atoms with van der Waals surface area (Å²) in [4.78, 5) is 10.8. The van der Waals surface area contributed by atoms with E-state index in [2.05, 4.69) is 40.0 Å². The number of carbonyl (C=O) groups is 1. The lowest BCUT2D eigenvalue weighted by atomic mass is 10.2. The second-order valence-electron chi connectivity index (χ2n) is 4.30. The van der Waals surface area contributed by atoms with Crippen molar-refractivity contribution in [3.05, 3.63) is 21.3 Å². The molecule has 0 aromatic heterocycles. The van der Waals surface area contributed by atoms with E-state index in [-0.39, 0.29) is 12.0 Å². The fourth-order valence-corrected chi connectivity index (χ4v) is 2.16. The number of halogens is 1. The molecule has 1 aromatic rings. The molecule has 1 rings (SSSR count). The highest BCUT2D eigenvalue weighted by atomic mass is 127. The van der Waals surface area contributed by atoms with Crippen molar-refractivity contribution in [2.75, 3.05) is 7.11 Å². The van der Waals surface area contributed by atoms with Gasteiger partial charge in [-0.15, -0.1) is 0 Å². The summed E-state index contributed by atoms with van der Waals surface area (Å²) in [5.41, 5.74) is 3.19. The van der Waals surface area contributed by atoms with E-state index >= 15 is 0 Å². The fourth-order valence-electron chi connectivity index (χ4n) is 1.41. The number of benzene rings is 1. The molecule has 0 aliphatic rings. The molecule has 6 heteroatoms. The minimum atomic E-state index is -0.209. The molecular formula is C14H19IN2O3. The van der Waals surface area contributed by atoms with Crippen LogP contribution >= 0.6 is 22.6 Å². The summed E-state index contributed by atoms with van der Waals surface area (Å²) in [7, 11) is 1.60. The molecule has 0 heterocycles. The van der Waals surface area contributed by atoms with Crippen LogP contribution in [0.3, 0.4) is 0 Å². The standard InChI is InChI=1S/C14H19IN2O3/c1-5-9(2)20-14-12(15)6-11(7-13(14)19-4)8-16-17-10(3)18/h6-9H,5H2,1-4H3,(H,17,18)/b16-8-/t9-/m0/s1. The Morgan fingerprint density at radius 3 is 2.80 bits per heavy atom. The molecule has 0 saturated carbocycles. The van der Waals surface area contributed by atoms with Crippen molar-refractivity contribution in [1.82, 2.24) is 5.43 Å². The first-order chi connectivity index (χ1) is 9.47. The van der Waals surface area contributed by atoms with Crippen molar-refractivity contribution in [3.8, 4) is 11.5 Å². The number of methoxy groups -OCH3 is 1. The highest BCUT2D eigenvalue weighted by Crippen LogP contribution is 2.34. The van der Waals surface area contributed by atoms with Crippen LogP contribution in [0.5, 0.6) is 11.5 Å². The average molecular weight is 390 g/mol. The molecule has 0 fully saturated rings. The number of hydrogen-bond donors (Lipinski definition) is 1. The second-order valence-corrected chi connectivity index (χ2v) is 5.46. The molecule has 5 nitrogen and oxygen atoms in total. The van der Waals surface area contributed by atoms with Gasteiger partial charge in [0.25, 0.3) is 0 Å². The normalized spacial score (nSPS) is 12.2. The zero-order chi connectivity index (χ0) is 15.1. The number of hydrogen-bond acceptors (Lipinski definition) is 4. The van der Waals surface area contributed by atoms with Crippen molar-refractivity contribution in [2.24, 2.45) is 5.10 Å². The summed E-state index contributed by atoms with van der Waals surface area (Å²) < 4.78 is 12.2. The van der Waals surface area contributed by atoms with Crippen LogP contribution in [0.4, 0.5) is 0 Å². The van der Waals surface area contributed by atoms with Gasteiger partial charge in [-0.1, -0.05) is 6.92 Å². The second kappa shape index (κ2) is 8.08. The minimum absolute atomic E-state index is 0.122.